The molecule has 5 nitrogen and oxygen atoms in total. The summed E-state index contributed by atoms with van der Waals surface area (Å²) in [6, 6.07) is 5.01. The van der Waals surface area contributed by atoms with Crippen LogP contribution in [0.15, 0.2) is 18.2 Å². The maximum absolute atomic E-state index is 10.9. The Morgan fingerprint density at radius 2 is 2.24 bits per heavy atom. The zero-order chi connectivity index (χ0) is 12.8. The summed E-state index contributed by atoms with van der Waals surface area (Å²) in [6.07, 6.45) is 0. The minimum absolute atomic E-state index is 0.174. The molecule has 0 saturated carbocycles. The molecular formula is C12H18N2O3. The Labute approximate surface area is 101 Å². The monoisotopic (exact) mass is 238 g/mol. The molecule has 1 amide bonds. The van der Waals surface area contributed by atoms with Gasteiger partial charge in [0.05, 0.1) is 13.7 Å². The number of nitrogens with zero attached hydrogens (tertiary/aromatic N) is 1. The van der Waals surface area contributed by atoms with Crippen LogP contribution in [0.1, 0.15) is 12.5 Å². The smallest absolute Gasteiger partial charge is 0.231 e. The van der Waals surface area contributed by atoms with Crippen LogP contribution in [-0.2, 0) is 11.3 Å². The van der Waals surface area contributed by atoms with Crippen molar-refractivity contribution in [2.75, 3.05) is 20.2 Å². The number of carbonyl (C=O) groups excluding carboxylic acids is 1. The van der Waals surface area contributed by atoms with Gasteiger partial charge in [-0.1, -0.05) is 6.92 Å². The number of nitrogens with two attached hydrogens (primary N) is 1. The third-order valence-corrected chi connectivity index (χ3v) is 2.51. The first-order chi connectivity index (χ1) is 8.06. The van der Waals surface area contributed by atoms with Gasteiger partial charge in [-0.25, -0.2) is 0 Å². The first kappa shape index (κ1) is 13.3. The average Bonchev–Trinajstić information content (AvgIpc) is 2.30. The quantitative estimate of drug-likeness (QED) is 0.765. The molecule has 94 valence electrons. The van der Waals surface area contributed by atoms with Crippen molar-refractivity contribution in [3.8, 4) is 11.5 Å². The summed E-state index contributed by atoms with van der Waals surface area (Å²) in [7, 11) is 1.57. The van der Waals surface area contributed by atoms with E-state index in [1.807, 2.05) is 11.8 Å². The number of methoxy groups -OCH3 is 1. The lowest BCUT2D eigenvalue weighted by Gasteiger charge is -2.19. The fourth-order valence-electron chi connectivity index (χ4n) is 1.56. The molecule has 5 heteroatoms. The third kappa shape index (κ3) is 3.96. The van der Waals surface area contributed by atoms with Gasteiger partial charge < -0.3 is 15.6 Å². The number of aromatic hydroxyl groups is 1. The highest BCUT2D eigenvalue weighted by atomic mass is 16.5. The molecule has 1 aromatic carbocycles. The Hall–Kier alpha value is -1.75. The summed E-state index contributed by atoms with van der Waals surface area (Å²) in [5.41, 5.74) is 5.86. The summed E-state index contributed by atoms with van der Waals surface area (Å²) in [4.78, 5) is 12.7. The van der Waals surface area contributed by atoms with E-state index in [1.54, 1.807) is 25.3 Å². The van der Waals surface area contributed by atoms with E-state index in [4.69, 9.17) is 10.5 Å². The number of phenolic OH excluding ortho intramolecular Hbond substituents is 1. The van der Waals surface area contributed by atoms with Gasteiger partial charge in [-0.15, -0.1) is 0 Å². The molecule has 0 aliphatic heterocycles. The van der Waals surface area contributed by atoms with Gasteiger partial charge in [0.2, 0.25) is 5.91 Å². The third-order valence-electron chi connectivity index (χ3n) is 2.51. The fourth-order valence-corrected chi connectivity index (χ4v) is 1.56. The standard InChI is InChI=1S/C12H18N2O3/c1-3-14(8-12(13)16)7-9-6-10(17-2)4-5-11(9)15/h4-6,15H,3,7-8H2,1-2H3,(H2,13,16). The van der Waals surface area contributed by atoms with Gasteiger partial charge in [0, 0.05) is 12.1 Å². The predicted octanol–water partition coefficient (Wildman–Crippen LogP) is 0.708. The van der Waals surface area contributed by atoms with Gasteiger partial charge in [0.15, 0.2) is 0 Å². The van der Waals surface area contributed by atoms with Crippen LogP contribution in [0.25, 0.3) is 0 Å². The number of hydrogen-bond acceptors (Lipinski definition) is 4. The second kappa shape index (κ2) is 6.10. The normalized spacial score (nSPS) is 10.5. The highest BCUT2D eigenvalue weighted by Gasteiger charge is 2.10. The molecule has 0 saturated heterocycles. The molecule has 1 rings (SSSR count). The second-order valence-electron chi connectivity index (χ2n) is 3.76. The van der Waals surface area contributed by atoms with Crippen LogP contribution in [0, 0.1) is 0 Å². The van der Waals surface area contributed by atoms with Gasteiger partial charge in [-0.2, -0.15) is 0 Å². The molecule has 0 unspecified atom stereocenters. The lowest BCUT2D eigenvalue weighted by Crippen LogP contribution is -2.33. The van der Waals surface area contributed by atoms with E-state index >= 15 is 0 Å². The molecular weight excluding hydrogens is 220 g/mol. The summed E-state index contributed by atoms with van der Waals surface area (Å²) < 4.78 is 5.08. The van der Waals surface area contributed by atoms with Crippen LogP contribution in [-0.4, -0.2) is 36.1 Å². The molecule has 3 N–H and O–H groups in total. The molecule has 0 bridgehead atoms. The van der Waals surface area contributed by atoms with Crippen molar-refractivity contribution in [3.63, 3.8) is 0 Å². The molecule has 0 aliphatic rings. The van der Waals surface area contributed by atoms with Gasteiger partial charge >= 0.3 is 0 Å². The Morgan fingerprint density at radius 1 is 1.53 bits per heavy atom. The van der Waals surface area contributed by atoms with Crippen LogP contribution in [0.5, 0.6) is 11.5 Å². The number of benzene rings is 1. The van der Waals surface area contributed by atoms with E-state index in [0.717, 1.165) is 0 Å². The minimum atomic E-state index is -0.380. The summed E-state index contributed by atoms with van der Waals surface area (Å²) in [5.74, 6) is 0.482. The van der Waals surface area contributed by atoms with Crippen molar-refractivity contribution in [1.29, 1.82) is 0 Å². The van der Waals surface area contributed by atoms with Gasteiger partial charge in [0.25, 0.3) is 0 Å². The minimum Gasteiger partial charge on any atom is -0.508 e. The molecule has 0 spiro atoms. The number of rotatable bonds is 6. The molecule has 0 aromatic heterocycles. The van der Waals surface area contributed by atoms with E-state index in [2.05, 4.69) is 0 Å². The topological polar surface area (TPSA) is 75.8 Å². The average molecular weight is 238 g/mol. The van der Waals surface area contributed by atoms with Crippen LogP contribution in [0.3, 0.4) is 0 Å². The number of ether oxygens (including phenoxy) is 1. The maximum atomic E-state index is 10.9. The maximum Gasteiger partial charge on any atom is 0.231 e. The van der Waals surface area contributed by atoms with Crippen LogP contribution >= 0.6 is 0 Å². The summed E-state index contributed by atoms with van der Waals surface area (Å²) >= 11 is 0. The van der Waals surface area contributed by atoms with E-state index in [9.17, 15) is 9.90 Å². The highest BCUT2D eigenvalue weighted by Crippen LogP contribution is 2.24. The van der Waals surface area contributed by atoms with Crippen molar-refractivity contribution in [2.45, 2.75) is 13.5 Å². The molecule has 0 heterocycles. The number of amides is 1. The van der Waals surface area contributed by atoms with E-state index < -0.39 is 0 Å². The van der Waals surface area contributed by atoms with Crippen molar-refractivity contribution in [1.82, 2.24) is 4.90 Å². The zero-order valence-electron chi connectivity index (χ0n) is 10.1. The van der Waals surface area contributed by atoms with Gasteiger partial charge in [-0.3, -0.25) is 9.69 Å². The predicted molar refractivity (Wildman–Crippen MR) is 64.8 cm³/mol. The van der Waals surface area contributed by atoms with Gasteiger partial charge in [0.1, 0.15) is 11.5 Å². The Balaban J connectivity index is 2.80. The molecule has 1 aromatic rings. The lowest BCUT2D eigenvalue weighted by atomic mass is 10.1. The molecule has 0 aliphatic carbocycles. The van der Waals surface area contributed by atoms with Crippen LogP contribution in [0.2, 0.25) is 0 Å². The van der Waals surface area contributed by atoms with E-state index in [0.29, 0.717) is 24.4 Å². The first-order valence-corrected chi connectivity index (χ1v) is 5.43. The number of phenols is 1. The SMILES string of the molecule is CCN(CC(N)=O)Cc1cc(OC)ccc1O. The largest absolute Gasteiger partial charge is 0.508 e. The Bertz CT molecular complexity index is 393. The lowest BCUT2D eigenvalue weighted by molar-refractivity contribution is -0.119. The Kier molecular flexibility index (Phi) is 4.78. The van der Waals surface area contributed by atoms with Crippen molar-refractivity contribution in [2.24, 2.45) is 5.73 Å². The Morgan fingerprint density at radius 3 is 2.76 bits per heavy atom. The van der Waals surface area contributed by atoms with Crippen molar-refractivity contribution >= 4 is 5.91 Å². The van der Waals surface area contributed by atoms with Crippen LogP contribution in [0.4, 0.5) is 0 Å². The number of primary amides is 1. The fraction of sp³-hybridized carbons (Fsp3) is 0.417. The van der Waals surface area contributed by atoms with Crippen molar-refractivity contribution in [3.05, 3.63) is 23.8 Å². The molecule has 0 radical (unpaired) electrons. The summed E-state index contributed by atoms with van der Waals surface area (Å²) in [5, 5.41) is 9.71. The van der Waals surface area contributed by atoms with Gasteiger partial charge in [-0.05, 0) is 24.7 Å². The number of carbonyl (C=O) groups is 1. The zero-order valence-corrected chi connectivity index (χ0v) is 10.1. The van der Waals surface area contributed by atoms with E-state index in [-0.39, 0.29) is 18.2 Å². The molecule has 0 atom stereocenters. The summed E-state index contributed by atoms with van der Waals surface area (Å²) in [6.45, 7) is 3.25. The first-order valence-electron chi connectivity index (χ1n) is 5.43. The number of likely N-dealkylation sites (N-methyl/N-ethyl adjacent to an activating group) is 1. The second-order valence-corrected chi connectivity index (χ2v) is 3.76. The van der Waals surface area contributed by atoms with E-state index in [1.165, 1.54) is 0 Å². The highest BCUT2D eigenvalue weighted by molar-refractivity contribution is 5.75. The number of hydrogen-bond donors (Lipinski definition) is 2. The van der Waals surface area contributed by atoms with Crippen LogP contribution < -0.4 is 10.5 Å². The molecule has 0 fully saturated rings. The molecule has 17 heavy (non-hydrogen) atoms. The van der Waals surface area contributed by atoms with Crippen molar-refractivity contribution < 1.29 is 14.6 Å².